The molecule has 1 heterocycles. The highest BCUT2D eigenvalue weighted by molar-refractivity contribution is 14.1. The average Bonchev–Trinajstić information content (AvgIpc) is 2.98. The van der Waals surface area contributed by atoms with Crippen LogP contribution >= 0.6 is 61.1 Å². The Bertz CT molecular complexity index is 1070. The number of fused-ring (bicyclic) bond motifs is 1. The monoisotopic (exact) mass is 657 g/mol. The molecule has 0 bridgehead atoms. The molecule has 3 aromatic carbocycles. The molecule has 0 unspecified atom stereocenters. The number of carbonyl (C=O) groups excluding carboxylic acids is 1. The Hall–Kier alpha value is -1.39. The van der Waals surface area contributed by atoms with E-state index in [1.54, 1.807) is 0 Å². The molecule has 0 saturated carbocycles. The van der Waals surface area contributed by atoms with Crippen molar-refractivity contribution in [3.63, 3.8) is 0 Å². The third-order valence-electron chi connectivity index (χ3n) is 4.34. The molecule has 0 atom stereocenters. The molecule has 1 amide bonds. The maximum absolute atomic E-state index is 12.3. The van der Waals surface area contributed by atoms with Gasteiger partial charge >= 0.3 is 0 Å². The minimum atomic E-state index is -0.0678. The highest BCUT2D eigenvalue weighted by Crippen LogP contribution is 2.35. The molecule has 1 aliphatic heterocycles. The maximum Gasteiger partial charge on any atom is 0.256 e. The number of nitrogens with one attached hydrogen (secondary N) is 1. The molecule has 0 saturated heterocycles. The Morgan fingerprint density at radius 1 is 1.00 bits per heavy atom. The van der Waals surface area contributed by atoms with Crippen molar-refractivity contribution < 1.29 is 9.53 Å². The zero-order valence-electron chi connectivity index (χ0n) is 14.5. The SMILES string of the molecule is O=C1Nc2ccccc2/C1=C/c1cc(I)c(OCc2ccc(Br)cc2)c(I)c1. The summed E-state index contributed by atoms with van der Waals surface area (Å²) >= 11 is 8.01. The van der Waals surface area contributed by atoms with Crippen LogP contribution in [0.1, 0.15) is 16.7 Å². The maximum atomic E-state index is 12.3. The van der Waals surface area contributed by atoms with Crippen molar-refractivity contribution in [2.45, 2.75) is 6.61 Å². The molecule has 0 aliphatic carbocycles. The van der Waals surface area contributed by atoms with Crippen LogP contribution in [0.3, 0.4) is 0 Å². The molecule has 4 rings (SSSR count). The fourth-order valence-corrected chi connectivity index (χ4v) is 5.38. The molecule has 1 aliphatic rings. The van der Waals surface area contributed by atoms with Gasteiger partial charge in [0.05, 0.1) is 7.14 Å². The summed E-state index contributed by atoms with van der Waals surface area (Å²) in [7, 11) is 0. The van der Waals surface area contributed by atoms with Crippen LogP contribution < -0.4 is 10.1 Å². The summed E-state index contributed by atoms with van der Waals surface area (Å²) in [6.45, 7) is 0.509. The first-order valence-corrected chi connectivity index (χ1v) is 11.4. The van der Waals surface area contributed by atoms with Gasteiger partial charge in [-0.2, -0.15) is 0 Å². The minimum Gasteiger partial charge on any atom is -0.487 e. The first kappa shape index (κ1) is 19.9. The number of ether oxygens (including phenoxy) is 1. The van der Waals surface area contributed by atoms with Crippen molar-refractivity contribution in [1.29, 1.82) is 0 Å². The van der Waals surface area contributed by atoms with E-state index in [0.29, 0.717) is 12.2 Å². The minimum absolute atomic E-state index is 0.0678. The summed E-state index contributed by atoms with van der Waals surface area (Å²) in [5, 5.41) is 2.91. The molecule has 1 N–H and O–H groups in total. The lowest BCUT2D eigenvalue weighted by molar-refractivity contribution is -0.110. The van der Waals surface area contributed by atoms with Gasteiger partial charge in [-0.25, -0.2) is 0 Å². The number of rotatable bonds is 4. The summed E-state index contributed by atoms with van der Waals surface area (Å²) in [5.41, 5.74) is 4.57. The van der Waals surface area contributed by atoms with Crippen LogP contribution in [0, 0.1) is 7.14 Å². The second kappa shape index (κ2) is 8.54. The molecular weight excluding hydrogens is 644 g/mol. The van der Waals surface area contributed by atoms with Gasteiger partial charge in [-0.05, 0) is 92.7 Å². The van der Waals surface area contributed by atoms with Crippen molar-refractivity contribution in [3.8, 4) is 5.75 Å². The number of carbonyl (C=O) groups is 1. The van der Waals surface area contributed by atoms with E-state index in [1.807, 2.05) is 66.7 Å². The van der Waals surface area contributed by atoms with Gasteiger partial charge in [-0.15, -0.1) is 0 Å². The summed E-state index contributed by atoms with van der Waals surface area (Å²) in [5.74, 6) is 0.796. The third-order valence-corrected chi connectivity index (χ3v) is 6.47. The lowest BCUT2D eigenvalue weighted by Crippen LogP contribution is -2.03. The lowest BCUT2D eigenvalue weighted by atomic mass is 10.0. The van der Waals surface area contributed by atoms with Crippen LogP contribution in [0.2, 0.25) is 0 Å². The average molecular weight is 658 g/mol. The molecule has 140 valence electrons. The first-order valence-electron chi connectivity index (χ1n) is 8.50. The number of benzene rings is 3. The van der Waals surface area contributed by atoms with Gasteiger partial charge in [0, 0.05) is 21.3 Å². The quantitative estimate of drug-likeness (QED) is 0.250. The molecule has 0 fully saturated rings. The first-order chi connectivity index (χ1) is 13.5. The van der Waals surface area contributed by atoms with E-state index in [4.69, 9.17) is 4.74 Å². The smallest absolute Gasteiger partial charge is 0.256 e. The second-order valence-corrected chi connectivity index (χ2v) is 9.53. The van der Waals surface area contributed by atoms with Gasteiger partial charge in [0.2, 0.25) is 0 Å². The zero-order chi connectivity index (χ0) is 19.7. The Kier molecular flexibility index (Phi) is 6.07. The van der Waals surface area contributed by atoms with E-state index >= 15 is 0 Å². The summed E-state index contributed by atoms with van der Waals surface area (Å²) in [4.78, 5) is 12.3. The Morgan fingerprint density at radius 3 is 2.39 bits per heavy atom. The van der Waals surface area contributed by atoms with Crippen molar-refractivity contribution in [2.24, 2.45) is 0 Å². The van der Waals surface area contributed by atoms with Crippen LogP contribution in [-0.4, -0.2) is 5.91 Å². The number of halogens is 3. The number of hydrogen-bond acceptors (Lipinski definition) is 2. The predicted octanol–water partition coefficient (Wildman–Crippen LogP) is 6.73. The molecule has 3 nitrogen and oxygen atoms in total. The van der Waals surface area contributed by atoms with E-state index in [0.717, 1.165) is 39.7 Å². The second-order valence-electron chi connectivity index (χ2n) is 6.29. The van der Waals surface area contributed by atoms with Gasteiger partial charge in [0.15, 0.2) is 0 Å². The number of anilines is 1. The fraction of sp³-hybridized carbons (Fsp3) is 0.0455. The number of para-hydroxylation sites is 1. The van der Waals surface area contributed by atoms with E-state index in [2.05, 4.69) is 66.4 Å². The van der Waals surface area contributed by atoms with Crippen LogP contribution in [0.4, 0.5) is 5.69 Å². The topological polar surface area (TPSA) is 38.3 Å². The van der Waals surface area contributed by atoms with Crippen LogP contribution in [-0.2, 0) is 11.4 Å². The summed E-state index contributed by atoms with van der Waals surface area (Å²) in [6.07, 6.45) is 1.93. The van der Waals surface area contributed by atoms with Gasteiger partial charge in [-0.3, -0.25) is 4.79 Å². The van der Waals surface area contributed by atoms with Crippen LogP contribution in [0.25, 0.3) is 11.6 Å². The Morgan fingerprint density at radius 2 is 1.68 bits per heavy atom. The third kappa shape index (κ3) is 4.28. The molecule has 0 radical (unpaired) electrons. The molecule has 3 aromatic rings. The van der Waals surface area contributed by atoms with E-state index < -0.39 is 0 Å². The van der Waals surface area contributed by atoms with Gasteiger partial charge < -0.3 is 10.1 Å². The van der Waals surface area contributed by atoms with Crippen molar-refractivity contribution >= 4 is 84.4 Å². The van der Waals surface area contributed by atoms with Crippen molar-refractivity contribution in [2.75, 3.05) is 5.32 Å². The summed E-state index contributed by atoms with van der Waals surface area (Å²) < 4.78 is 9.14. The highest BCUT2D eigenvalue weighted by atomic mass is 127. The van der Waals surface area contributed by atoms with E-state index in [-0.39, 0.29) is 5.91 Å². The molecule has 28 heavy (non-hydrogen) atoms. The highest BCUT2D eigenvalue weighted by Gasteiger charge is 2.23. The molecular formula is C22H14BrI2NO2. The largest absolute Gasteiger partial charge is 0.487 e. The van der Waals surface area contributed by atoms with E-state index in [1.165, 1.54) is 0 Å². The van der Waals surface area contributed by atoms with Crippen molar-refractivity contribution in [1.82, 2.24) is 0 Å². The number of hydrogen-bond donors (Lipinski definition) is 1. The Labute approximate surface area is 199 Å². The molecule has 0 spiro atoms. The van der Waals surface area contributed by atoms with E-state index in [9.17, 15) is 4.79 Å². The van der Waals surface area contributed by atoms with Gasteiger partial charge in [-0.1, -0.05) is 46.3 Å². The zero-order valence-corrected chi connectivity index (χ0v) is 20.4. The van der Waals surface area contributed by atoms with Crippen LogP contribution in [0.15, 0.2) is 65.1 Å². The Balaban J connectivity index is 1.59. The van der Waals surface area contributed by atoms with Crippen LogP contribution in [0.5, 0.6) is 5.75 Å². The van der Waals surface area contributed by atoms with Gasteiger partial charge in [0.1, 0.15) is 12.4 Å². The van der Waals surface area contributed by atoms with Gasteiger partial charge in [0.25, 0.3) is 5.91 Å². The number of amides is 1. The standard InChI is InChI=1S/C22H14BrI2NO2/c23-15-7-5-13(6-8-15)12-28-21-18(24)10-14(11-19(21)25)9-17-16-3-1-2-4-20(16)26-22(17)27/h1-11H,12H2,(H,26,27)/b17-9-. The summed E-state index contributed by atoms with van der Waals surface area (Å²) in [6, 6.07) is 19.9. The van der Waals surface area contributed by atoms with Crippen molar-refractivity contribution in [3.05, 3.63) is 89.0 Å². The lowest BCUT2D eigenvalue weighted by Gasteiger charge is -2.12. The fourth-order valence-electron chi connectivity index (χ4n) is 2.99. The normalized spacial score (nSPS) is 14.1. The molecule has 6 heteroatoms. The molecule has 0 aromatic heterocycles. The predicted molar refractivity (Wildman–Crippen MR) is 133 cm³/mol.